The summed E-state index contributed by atoms with van der Waals surface area (Å²) in [6.07, 6.45) is 2.74. The Morgan fingerprint density at radius 3 is 2.54 bits per heavy atom. The van der Waals surface area contributed by atoms with E-state index in [-0.39, 0.29) is 5.97 Å². The summed E-state index contributed by atoms with van der Waals surface area (Å²) in [7, 11) is 5.42. The van der Waals surface area contributed by atoms with Gasteiger partial charge in [0, 0.05) is 0 Å². The molecule has 0 bridgehead atoms. The Labute approximate surface area is 80.0 Å². The Kier molecular flexibility index (Phi) is 6.54. The van der Waals surface area contributed by atoms with Gasteiger partial charge in [-0.1, -0.05) is 6.42 Å². The second kappa shape index (κ2) is 6.86. The third kappa shape index (κ3) is 6.54. The first kappa shape index (κ1) is 12.4. The van der Waals surface area contributed by atoms with Crippen molar-refractivity contribution < 1.29 is 9.53 Å². The Hall–Kier alpha value is -0.610. The minimum atomic E-state index is -0.452. The molecule has 0 aromatic carbocycles. The van der Waals surface area contributed by atoms with Gasteiger partial charge in [-0.15, -0.1) is 0 Å². The Balaban J connectivity index is 3.37. The largest absolute Gasteiger partial charge is 0.468 e. The van der Waals surface area contributed by atoms with Crippen LogP contribution in [0.2, 0.25) is 0 Å². The molecule has 0 spiro atoms. The van der Waals surface area contributed by atoms with E-state index in [2.05, 4.69) is 9.64 Å². The lowest BCUT2D eigenvalue weighted by molar-refractivity contribution is -0.142. The molecule has 0 aliphatic heterocycles. The fourth-order valence-corrected chi connectivity index (χ4v) is 1.06. The quantitative estimate of drug-likeness (QED) is 0.478. The average molecular weight is 188 g/mol. The number of unbranched alkanes of at least 4 members (excludes halogenated alkanes) is 1. The maximum Gasteiger partial charge on any atom is 0.322 e. The first-order chi connectivity index (χ1) is 6.07. The molecule has 0 rings (SSSR count). The highest BCUT2D eigenvalue weighted by atomic mass is 16.5. The van der Waals surface area contributed by atoms with Crippen LogP contribution < -0.4 is 5.73 Å². The molecule has 78 valence electrons. The lowest BCUT2D eigenvalue weighted by atomic mass is 10.1. The van der Waals surface area contributed by atoms with E-state index in [0.717, 1.165) is 19.4 Å². The fraction of sp³-hybridized carbons (Fsp3) is 0.889. The van der Waals surface area contributed by atoms with Gasteiger partial charge < -0.3 is 15.4 Å². The van der Waals surface area contributed by atoms with Crippen LogP contribution in [0.15, 0.2) is 0 Å². The highest BCUT2D eigenvalue weighted by molar-refractivity contribution is 5.75. The van der Waals surface area contributed by atoms with Crippen LogP contribution in [0.5, 0.6) is 0 Å². The van der Waals surface area contributed by atoms with Crippen molar-refractivity contribution >= 4 is 5.97 Å². The second-order valence-corrected chi connectivity index (χ2v) is 3.43. The number of methoxy groups -OCH3 is 1. The number of nitrogens with two attached hydrogens (primary N) is 1. The molecular weight excluding hydrogens is 168 g/mol. The number of rotatable bonds is 6. The van der Waals surface area contributed by atoms with Gasteiger partial charge in [-0.25, -0.2) is 0 Å². The monoisotopic (exact) mass is 188 g/mol. The molecule has 0 aliphatic carbocycles. The smallest absolute Gasteiger partial charge is 0.322 e. The molecule has 13 heavy (non-hydrogen) atoms. The highest BCUT2D eigenvalue weighted by Gasteiger charge is 2.12. The van der Waals surface area contributed by atoms with E-state index in [1.54, 1.807) is 0 Å². The summed E-state index contributed by atoms with van der Waals surface area (Å²) in [6, 6.07) is -0.452. The van der Waals surface area contributed by atoms with Crippen molar-refractivity contribution in [2.24, 2.45) is 5.73 Å². The Morgan fingerprint density at radius 2 is 2.08 bits per heavy atom. The van der Waals surface area contributed by atoms with Crippen LogP contribution in [0.3, 0.4) is 0 Å². The average Bonchev–Trinajstić information content (AvgIpc) is 2.10. The number of carbonyl (C=O) groups excluding carboxylic acids is 1. The van der Waals surface area contributed by atoms with Gasteiger partial charge in [0.15, 0.2) is 0 Å². The lowest BCUT2D eigenvalue weighted by Crippen LogP contribution is -2.31. The summed E-state index contributed by atoms with van der Waals surface area (Å²) in [5.41, 5.74) is 5.56. The molecule has 0 saturated heterocycles. The molecule has 4 heteroatoms. The number of esters is 1. The minimum absolute atomic E-state index is 0.315. The molecule has 0 heterocycles. The second-order valence-electron chi connectivity index (χ2n) is 3.43. The lowest BCUT2D eigenvalue weighted by Gasteiger charge is -2.11. The van der Waals surface area contributed by atoms with Crippen molar-refractivity contribution in [1.82, 2.24) is 4.90 Å². The summed E-state index contributed by atoms with van der Waals surface area (Å²) in [5.74, 6) is -0.315. The predicted molar refractivity (Wildman–Crippen MR) is 52.4 cm³/mol. The maximum absolute atomic E-state index is 10.9. The zero-order valence-corrected chi connectivity index (χ0v) is 8.75. The van der Waals surface area contributed by atoms with Gasteiger partial charge in [-0.05, 0) is 33.5 Å². The van der Waals surface area contributed by atoms with Gasteiger partial charge in [0.05, 0.1) is 7.11 Å². The Morgan fingerprint density at radius 1 is 1.46 bits per heavy atom. The first-order valence-corrected chi connectivity index (χ1v) is 4.56. The maximum atomic E-state index is 10.9. The molecule has 0 amide bonds. The van der Waals surface area contributed by atoms with Gasteiger partial charge in [0.25, 0.3) is 0 Å². The van der Waals surface area contributed by atoms with E-state index >= 15 is 0 Å². The van der Waals surface area contributed by atoms with Crippen LogP contribution in [0.1, 0.15) is 19.3 Å². The first-order valence-electron chi connectivity index (χ1n) is 4.56. The molecule has 0 fully saturated rings. The van der Waals surface area contributed by atoms with Crippen molar-refractivity contribution in [1.29, 1.82) is 0 Å². The van der Waals surface area contributed by atoms with Crippen molar-refractivity contribution in [3.05, 3.63) is 0 Å². The number of hydrogen-bond donors (Lipinski definition) is 1. The molecule has 0 aromatic heterocycles. The van der Waals surface area contributed by atoms with E-state index in [1.807, 2.05) is 14.1 Å². The summed E-state index contributed by atoms with van der Waals surface area (Å²) >= 11 is 0. The third-order valence-electron chi connectivity index (χ3n) is 1.87. The van der Waals surface area contributed by atoms with Gasteiger partial charge in [-0.2, -0.15) is 0 Å². The summed E-state index contributed by atoms with van der Waals surface area (Å²) in [4.78, 5) is 13.0. The summed E-state index contributed by atoms with van der Waals surface area (Å²) in [5, 5.41) is 0. The zero-order chi connectivity index (χ0) is 10.3. The van der Waals surface area contributed by atoms with Crippen molar-refractivity contribution in [2.75, 3.05) is 27.7 Å². The van der Waals surface area contributed by atoms with E-state index in [4.69, 9.17) is 5.73 Å². The van der Waals surface area contributed by atoms with Crippen LogP contribution in [0, 0.1) is 0 Å². The van der Waals surface area contributed by atoms with Crippen LogP contribution in [-0.2, 0) is 9.53 Å². The standard InChI is InChI=1S/C9H20N2O2/c1-11(2)7-5-4-6-8(10)9(12)13-3/h8H,4-7,10H2,1-3H3. The molecule has 0 aromatic rings. The molecule has 4 nitrogen and oxygen atoms in total. The topological polar surface area (TPSA) is 55.6 Å². The fourth-order valence-electron chi connectivity index (χ4n) is 1.06. The molecule has 0 saturated carbocycles. The summed E-state index contributed by atoms with van der Waals surface area (Å²) in [6.45, 7) is 1.04. The van der Waals surface area contributed by atoms with E-state index in [0.29, 0.717) is 6.42 Å². The number of ether oxygens (including phenoxy) is 1. The normalized spacial score (nSPS) is 13.0. The van der Waals surface area contributed by atoms with Crippen LogP contribution in [0.4, 0.5) is 0 Å². The number of carbonyl (C=O) groups is 1. The third-order valence-corrected chi connectivity index (χ3v) is 1.87. The van der Waals surface area contributed by atoms with Crippen molar-refractivity contribution in [3.63, 3.8) is 0 Å². The SMILES string of the molecule is COC(=O)C(N)CCCCN(C)C. The summed E-state index contributed by atoms with van der Waals surface area (Å²) < 4.78 is 4.52. The van der Waals surface area contributed by atoms with Crippen LogP contribution in [0.25, 0.3) is 0 Å². The van der Waals surface area contributed by atoms with Gasteiger partial charge in [-0.3, -0.25) is 4.79 Å². The molecule has 0 radical (unpaired) electrons. The van der Waals surface area contributed by atoms with Gasteiger partial charge >= 0.3 is 5.97 Å². The van der Waals surface area contributed by atoms with Gasteiger partial charge in [0.1, 0.15) is 6.04 Å². The van der Waals surface area contributed by atoms with Crippen molar-refractivity contribution in [3.8, 4) is 0 Å². The van der Waals surface area contributed by atoms with Crippen LogP contribution >= 0.6 is 0 Å². The predicted octanol–water partition coefficient (Wildman–Crippen LogP) is 0.219. The number of hydrogen-bond acceptors (Lipinski definition) is 4. The molecular formula is C9H20N2O2. The van der Waals surface area contributed by atoms with E-state index in [9.17, 15) is 4.79 Å². The van der Waals surface area contributed by atoms with Gasteiger partial charge in [0.2, 0.25) is 0 Å². The zero-order valence-electron chi connectivity index (χ0n) is 8.75. The van der Waals surface area contributed by atoms with Crippen molar-refractivity contribution in [2.45, 2.75) is 25.3 Å². The molecule has 1 unspecified atom stereocenters. The van der Waals surface area contributed by atoms with Crippen LogP contribution in [-0.4, -0.2) is 44.7 Å². The Bertz CT molecular complexity index is 149. The minimum Gasteiger partial charge on any atom is -0.468 e. The molecule has 0 aliphatic rings. The number of nitrogens with zero attached hydrogens (tertiary/aromatic N) is 1. The van der Waals surface area contributed by atoms with E-state index < -0.39 is 6.04 Å². The molecule has 2 N–H and O–H groups in total. The molecule has 1 atom stereocenters. The van der Waals surface area contributed by atoms with E-state index in [1.165, 1.54) is 7.11 Å². The highest BCUT2D eigenvalue weighted by Crippen LogP contribution is 2.00.